The predicted octanol–water partition coefficient (Wildman–Crippen LogP) is 2.19. The number of anilines is 1. The number of hydrogen-bond acceptors (Lipinski definition) is 4. The van der Waals surface area contributed by atoms with Gasteiger partial charge in [0.05, 0.1) is 12.1 Å². The van der Waals surface area contributed by atoms with E-state index in [4.69, 9.17) is 4.74 Å². The van der Waals surface area contributed by atoms with Crippen LogP contribution in [0.15, 0.2) is 18.3 Å². The molecule has 0 saturated carbocycles. The molecule has 0 aliphatic carbocycles. The van der Waals surface area contributed by atoms with Gasteiger partial charge in [0.15, 0.2) is 0 Å². The second-order valence-electron chi connectivity index (χ2n) is 5.56. The van der Waals surface area contributed by atoms with Gasteiger partial charge in [-0.15, -0.1) is 0 Å². The Morgan fingerprint density at radius 3 is 2.95 bits per heavy atom. The molecule has 2 unspecified atom stereocenters. The summed E-state index contributed by atoms with van der Waals surface area (Å²) >= 11 is 0. The van der Waals surface area contributed by atoms with Gasteiger partial charge in [-0.2, -0.15) is 0 Å². The Labute approximate surface area is 116 Å². The lowest BCUT2D eigenvalue weighted by Gasteiger charge is -2.29. The van der Waals surface area contributed by atoms with Crippen LogP contribution in [-0.2, 0) is 11.3 Å². The Kier molecular flexibility index (Phi) is 4.77. The fraction of sp³-hybridized carbons (Fsp3) is 0.667. The van der Waals surface area contributed by atoms with E-state index in [0.29, 0.717) is 12.1 Å². The van der Waals surface area contributed by atoms with Crippen LogP contribution < -0.4 is 10.2 Å². The molecule has 4 heteroatoms. The second kappa shape index (κ2) is 6.35. The summed E-state index contributed by atoms with van der Waals surface area (Å²) < 4.78 is 5.66. The summed E-state index contributed by atoms with van der Waals surface area (Å²) in [7, 11) is 2.12. The smallest absolute Gasteiger partial charge is 0.133 e. The Hall–Kier alpha value is -1.13. The van der Waals surface area contributed by atoms with Gasteiger partial charge < -0.3 is 15.0 Å². The molecule has 1 aliphatic rings. The number of rotatable bonds is 5. The molecule has 0 amide bonds. The minimum atomic E-state index is 0.276. The lowest BCUT2D eigenvalue weighted by molar-refractivity contribution is 0.118. The van der Waals surface area contributed by atoms with Crippen LogP contribution in [0.1, 0.15) is 32.8 Å². The van der Waals surface area contributed by atoms with Gasteiger partial charge in [-0.05, 0) is 19.4 Å². The van der Waals surface area contributed by atoms with Crippen LogP contribution in [0.25, 0.3) is 0 Å². The Morgan fingerprint density at radius 2 is 2.32 bits per heavy atom. The molecule has 106 valence electrons. The van der Waals surface area contributed by atoms with E-state index in [1.54, 1.807) is 0 Å². The van der Waals surface area contributed by atoms with Gasteiger partial charge in [-0.25, -0.2) is 4.98 Å². The minimum Gasteiger partial charge on any atom is -0.376 e. The Balaban J connectivity index is 2.14. The fourth-order valence-corrected chi connectivity index (χ4v) is 2.59. The quantitative estimate of drug-likeness (QED) is 0.883. The predicted molar refractivity (Wildman–Crippen MR) is 78.4 cm³/mol. The maximum Gasteiger partial charge on any atom is 0.133 e. The lowest BCUT2D eigenvalue weighted by Crippen LogP contribution is -2.38. The zero-order valence-corrected chi connectivity index (χ0v) is 12.4. The number of pyridine rings is 1. The molecule has 1 N–H and O–H groups in total. The number of likely N-dealkylation sites (N-methyl/N-ethyl adjacent to an activating group) is 1. The van der Waals surface area contributed by atoms with Crippen molar-refractivity contribution in [3.05, 3.63) is 23.9 Å². The maximum absolute atomic E-state index is 5.66. The average Bonchev–Trinajstić information content (AvgIpc) is 2.82. The second-order valence-corrected chi connectivity index (χ2v) is 5.56. The van der Waals surface area contributed by atoms with Crippen molar-refractivity contribution in [1.29, 1.82) is 0 Å². The van der Waals surface area contributed by atoms with Crippen molar-refractivity contribution in [2.75, 3.05) is 18.6 Å². The first-order valence-electron chi connectivity index (χ1n) is 7.11. The summed E-state index contributed by atoms with van der Waals surface area (Å²) in [6.07, 6.45) is 3.22. The van der Waals surface area contributed by atoms with Crippen LogP contribution in [0.2, 0.25) is 0 Å². The zero-order chi connectivity index (χ0) is 13.8. The molecule has 4 nitrogen and oxygen atoms in total. The van der Waals surface area contributed by atoms with E-state index in [1.165, 1.54) is 5.56 Å². The normalized spacial score (nSPS) is 23.0. The highest BCUT2D eigenvalue weighted by Gasteiger charge is 2.29. The summed E-state index contributed by atoms with van der Waals surface area (Å²) in [6.45, 7) is 8.16. The summed E-state index contributed by atoms with van der Waals surface area (Å²) in [4.78, 5) is 6.84. The molecule has 2 rings (SSSR count). The Morgan fingerprint density at radius 1 is 1.53 bits per heavy atom. The van der Waals surface area contributed by atoms with Crippen molar-refractivity contribution in [2.45, 2.75) is 51.9 Å². The van der Waals surface area contributed by atoms with E-state index in [0.717, 1.165) is 25.4 Å². The molecule has 1 saturated heterocycles. The number of aromatic nitrogens is 1. The van der Waals surface area contributed by atoms with Crippen LogP contribution in [-0.4, -0.2) is 36.8 Å². The average molecular weight is 263 g/mol. The third kappa shape index (κ3) is 3.45. The molecule has 0 bridgehead atoms. The number of nitrogens with one attached hydrogen (secondary N) is 1. The van der Waals surface area contributed by atoms with Gasteiger partial charge >= 0.3 is 0 Å². The van der Waals surface area contributed by atoms with E-state index in [-0.39, 0.29) is 6.10 Å². The molecule has 2 atom stereocenters. The third-order valence-corrected chi connectivity index (χ3v) is 3.74. The van der Waals surface area contributed by atoms with Crippen LogP contribution in [0, 0.1) is 0 Å². The highest BCUT2D eigenvalue weighted by Crippen LogP contribution is 2.25. The van der Waals surface area contributed by atoms with Crippen molar-refractivity contribution < 1.29 is 4.74 Å². The first-order valence-corrected chi connectivity index (χ1v) is 7.11. The highest BCUT2D eigenvalue weighted by molar-refractivity contribution is 5.47. The van der Waals surface area contributed by atoms with Crippen LogP contribution in [0.3, 0.4) is 0 Å². The number of nitrogens with zero attached hydrogens (tertiary/aromatic N) is 2. The molecule has 0 radical (unpaired) electrons. The summed E-state index contributed by atoms with van der Waals surface area (Å²) in [6, 6.07) is 5.05. The maximum atomic E-state index is 5.66. The fourth-order valence-electron chi connectivity index (χ4n) is 2.59. The van der Waals surface area contributed by atoms with E-state index in [2.05, 4.69) is 49.1 Å². The lowest BCUT2D eigenvalue weighted by atomic mass is 10.1. The van der Waals surface area contributed by atoms with Crippen molar-refractivity contribution in [3.8, 4) is 0 Å². The van der Waals surface area contributed by atoms with Gasteiger partial charge in [0.1, 0.15) is 5.82 Å². The molecule has 0 spiro atoms. The van der Waals surface area contributed by atoms with Crippen LogP contribution in [0.4, 0.5) is 5.82 Å². The molecular formula is C15H25N3O. The topological polar surface area (TPSA) is 37.4 Å². The molecular weight excluding hydrogens is 238 g/mol. The largest absolute Gasteiger partial charge is 0.376 e. The van der Waals surface area contributed by atoms with Gasteiger partial charge in [0.25, 0.3) is 0 Å². The monoisotopic (exact) mass is 263 g/mol. The number of hydrogen-bond donors (Lipinski definition) is 1. The van der Waals surface area contributed by atoms with Gasteiger partial charge in [0.2, 0.25) is 0 Å². The van der Waals surface area contributed by atoms with Crippen molar-refractivity contribution in [1.82, 2.24) is 10.3 Å². The van der Waals surface area contributed by atoms with Crippen molar-refractivity contribution in [2.24, 2.45) is 0 Å². The van der Waals surface area contributed by atoms with E-state index in [1.807, 2.05) is 12.3 Å². The zero-order valence-electron chi connectivity index (χ0n) is 12.4. The molecule has 19 heavy (non-hydrogen) atoms. The third-order valence-electron chi connectivity index (χ3n) is 3.74. The molecule has 1 aliphatic heterocycles. The van der Waals surface area contributed by atoms with Crippen LogP contribution in [0.5, 0.6) is 0 Å². The summed E-state index contributed by atoms with van der Waals surface area (Å²) in [5.74, 6) is 1.07. The van der Waals surface area contributed by atoms with E-state index < -0.39 is 0 Å². The van der Waals surface area contributed by atoms with Gasteiger partial charge in [-0.1, -0.05) is 19.9 Å². The van der Waals surface area contributed by atoms with Crippen LogP contribution >= 0.6 is 0 Å². The van der Waals surface area contributed by atoms with E-state index >= 15 is 0 Å². The molecule has 1 aromatic rings. The SMILES string of the molecule is CC(C)NCc1cccnc1N(C)C1CCOC1C. The first-order chi connectivity index (χ1) is 9.09. The standard InChI is InChI=1S/C15H25N3O/c1-11(2)17-10-13-6-5-8-16-15(13)18(4)14-7-9-19-12(14)3/h5-6,8,11-12,14,17H,7,9-10H2,1-4H3. The van der Waals surface area contributed by atoms with Crippen molar-refractivity contribution in [3.63, 3.8) is 0 Å². The van der Waals surface area contributed by atoms with E-state index in [9.17, 15) is 0 Å². The summed E-state index contributed by atoms with van der Waals surface area (Å²) in [5.41, 5.74) is 1.25. The highest BCUT2D eigenvalue weighted by atomic mass is 16.5. The van der Waals surface area contributed by atoms with Crippen molar-refractivity contribution >= 4 is 5.82 Å². The summed E-state index contributed by atoms with van der Waals surface area (Å²) in [5, 5.41) is 3.46. The molecule has 1 fully saturated rings. The number of ether oxygens (including phenoxy) is 1. The Bertz CT molecular complexity index is 408. The minimum absolute atomic E-state index is 0.276. The molecule has 1 aromatic heterocycles. The first kappa shape index (κ1) is 14.3. The molecule has 0 aromatic carbocycles. The molecule has 2 heterocycles. The van der Waals surface area contributed by atoms with Gasteiger partial charge in [0, 0.05) is 38.0 Å². The van der Waals surface area contributed by atoms with Gasteiger partial charge in [-0.3, -0.25) is 0 Å².